The second-order valence-electron chi connectivity index (χ2n) is 8.01. The van der Waals surface area contributed by atoms with E-state index in [0.717, 1.165) is 0 Å². The zero-order chi connectivity index (χ0) is 27.2. The number of nitrogens with one attached hydrogen (secondary N) is 5. The molecule has 1 atom stereocenters. The lowest BCUT2D eigenvalue weighted by atomic mass is 10.0. The van der Waals surface area contributed by atoms with Crippen LogP contribution in [0.2, 0.25) is 0 Å². The molecule has 196 valence electrons. The molecule has 2 aliphatic rings. The quantitative estimate of drug-likeness (QED) is 0.219. The SMILES string of the molecule is CN/C(C(=O)N1CCOCC1CNC(=O)c1ccc(C(=N)NC(=O)C(F)(F)F)cc1)=C1/C=CC=CC1=N. The third-order valence-electron chi connectivity index (χ3n) is 5.58. The van der Waals surface area contributed by atoms with E-state index >= 15 is 0 Å². The molecule has 3 amide bonds. The number of morpholine rings is 1. The fraction of sp³-hybridized carbons (Fsp3) is 0.292. The van der Waals surface area contributed by atoms with E-state index in [2.05, 4.69) is 10.6 Å². The first-order valence-corrected chi connectivity index (χ1v) is 11.1. The van der Waals surface area contributed by atoms with Gasteiger partial charge in [0.2, 0.25) is 0 Å². The maximum atomic E-state index is 13.3. The molecule has 1 unspecified atom stereocenters. The van der Waals surface area contributed by atoms with E-state index < -0.39 is 29.9 Å². The topological polar surface area (TPSA) is 147 Å². The van der Waals surface area contributed by atoms with Crippen LogP contribution in [-0.4, -0.2) is 79.7 Å². The Kier molecular flexibility index (Phi) is 8.60. The number of nitrogens with zero attached hydrogens (tertiary/aromatic N) is 1. The standard InChI is InChI=1S/C24H25F3N6O4/c1-30-19(17-4-2-3-5-18(17)28)22(35)33-10-11-37-13-16(33)12-31-21(34)15-8-6-14(7-9-15)20(29)32-23(36)24(25,26)27/h2-9,16,28,30H,10-13H2,1H3,(H,31,34)(H2,29,32,36)/b19-17-,28-18?. The first kappa shape index (κ1) is 27.3. The Bertz CT molecular complexity index is 1190. The van der Waals surface area contributed by atoms with E-state index in [9.17, 15) is 27.6 Å². The van der Waals surface area contributed by atoms with Crippen LogP contribution in [0, 0.1) is 10.8 Å². The fourth-order valence-electron chi connectivity index (χ4n) is 3.65. The summed E-state index contributed by atoms with van der Waals surface area (Å²) in [6.07, 6.45) is 1.55. The molecule has 1 heterocycles. The lowest BCUT2D eigenvalue weighted by Gasteiger charge is -2.36. The van der Waals surface area contributed by atoms with E-state index in [-0.39, 0.29) is 48.1 Å². The summed E-state index contributed by atoms with van der Waals surface area (Å²) in [5, 5.41) is 22.7. The van der Waals surface area contributed by atoms with Gasteiger partial charge >= 0.3 is 12.1 Å². The van der Waals surface area contributed by atoms with Crippen LogP contribution in [0.4, 0.5) is 13.2 Å². The highest BCUT2D eigenvalue weighted by Gasteiger charge is 2.39. The highest BCUT2D eigenvalue weighted by molar-refractivity contribution is 6.14. The van der Waals surface area contributed by atoms with Crippen LogP contribution in [0.15, 0.2) is 59.8 Å². The highest BCUT2D eigenvalue weighted by Crippen LogP contribution is 2.17. The van der Waals surface area contributed by atoms with Gasteiger partial charge < -0.3 is 31.0 Å². The van der Waals surface area contributed by atoms with Crippen molar-refractivity contribution in [2.75, 3.05) is 33.4 Å². The first-order chi connectivity index (χ1) is 17.5. The number of carbonyl (C=O) groups is 3. The van der Waals surface area contributed by atoms with Crippen molar-refractivity contribution in [2.24, 2.45) is 0 Å². The summed E-state index contributed by atoms with van der Waals surface area (Å²) in [6.45, 7) is 0.836. The Hall–Kier alpha value is -4.26. The number of benzene rings is 1. The number of ether oxygens (including phenoxy) is 1. The van der Waals surface area contributed by atoms with Gasteiger partial charge in [-0.25, -0.2) is 0 Å². The molecule has 1 aliphatic heterocycles. The molecule has 37 heavy (non-hydrogen) atoms. The van der Waals surface area contributed by atoms with Gasteiger partial charge in [-0.1, -0.05) is 30.4 Å². The molecule has 1 saturated heterocycles. The number of hydrogen-bond acceptors (Lipinski definition) is 7. The van der Waals surface area contributed by atoms with Crippen LogP contribution in [0.3, 0.4) is 0 Å². The number of carbonyl (C=O) groups excluding carboxylic acids is 3. The number of rotatable bonds is 6. The number of halogens is 3. The smallest absolute Gasteiger partial charge is 0.383 e. The van der Waals surface area contributed by atoms with Crippen molar-refractivity contribution >= 4 is 29.3 Å². The number of allylic oxidation sites excluding steroid dienone is 5. The Morgan fingerprint density at radius 2 is 1.76 bits per heavy atom. The van der Waals surface area contributed by atoms with E-state index in [4.69, 9.17) is 15.6 Å². The second-order valence-corrected chi connectivity index (χ2v) is 8.01. The summed E-state index contributed by atoms with van der Waals surface area (Å²) in [7, 11) is 1.59. The number of hydrogen-bond donors (Lipinski definition) is 5. The predicted molar refractivity (Wildman–Crippen MR) is 128 cm³/mol. The van der Waals surface area contributed by atoms with E-state index in [1.165, 1.54) is 29.6 Å². The number of alkyl halides is 3. The average Bonchev–Trinajstić information content (AvgIpc) is 2.88. The molecule has 1 aromatic carbocycles. The monoisotopic (exact) mass is 518 g/mol. The van der Waals surface area contributed by atoms with Crippen LogP contribution >= 0.6 is 0 Å². The van der Waals surface area contributed by atoms with Crippen molar-refractivity contribution in [1.82, 2.24) is 20.9 Å². The zero-order valence-corrected chi connectivity index (χ0v) is 19.7. The van der Waals surface area contributed by atoms with E-state index in [1.807, 2.05) is 0 Å². The Morgan fingerprint density at radius 1 is 1.11 bits per heavy atom. The molecule has 0 spiro atoms. The Labute approximate surface area is 210 Å². The molecule has 0 radical (unpaired) electrons. The van der Waals surface area contributed by atoms with Crippen molar-refractivity contribution in [3.63, 3.8) is 0 Å². The van der Waals surface area contributed by atoms with Crippen molar-refractivity contribution in [3.05, 3.63) is 71.0 Å². The van der Waals surface area contributed by atoms with Gasteiger partial charge in [0.05, 0.1) is 25.0 Å². The van der Waals surface area contributed by atoms with Gasteiger partial charge in [-0.2, -0.15) is 13.2 Å². The summed E-state index contributed by atoms with van der Waals surface area (Å²) in [6, 6.07) is 4.59. The maximum Gasteiger partial charge on any atom is 0.471 e. The molecular formula is C24H25F3N6O4. The average molecular weight is 518 g/mol. The Morgan fingerprint density at radius 3 is 2.38 bits per heavy atom. The minimum absolute atomic E-state index is 0.0172. The highest BCUT2D eigenvalue weighted by atomic mass is 19.4. The first-order valence-electron chi connectivity index (χ1n) is 11.1. The lowest BCUT2D eigenvalue weighted by molar-refractivity contribution is -0.171. The predicted octanol–water partition coefficient (Wildman–Crippen LogP) is 1.27. The number of amidine groups is 1. The largest absolute Gasteiger partial charge is 0.471 e. The Balaban J connectivity index is 1.64. The molecule has 1 aromatic rings. The molecule has 1 aliphatic carbocycles. The van der Waals surface area contributed by atoms with Crippen molar-refractivity contribution in [1.29, 1.82) is 10.8 Å². The van der Waals surface area contributed by atoms with Crippen LogP contribution in [0.1, 0.15) is 15.9 Å². The van der Waals surface area contributed by atoms with E-state index in [1.54, 1.807) is 36.3 Å². The minimum atomic E-state index is -5.12. The molecule has 0 bridgehead atoms. The molecule has 1 fully saturated rings. The molecule has 0 saturated carbocycles. The lowest BCUT2D eigenvalue weighted by Crippen LogP contribution is -2.54. The van der Waals surface area contributed by atoms with Gasteiger partial charge in [0.1, 0.15) is 11.5 Å². The van der Waals surface area contributed by atoms with Gasteiger partial charge in [-0.3, -0.25) is 19.8 Å². The van der Waals surface area contributed by atoms with Gasteiger partial charge in [0.25, 0.3) is 11.8 Å². The summed E-state index contributed by atoms with van der Waals surface area (Å²) < 4.78 is 42.6. The fourth-order valence-corrected chi connectivity index (χ4v) is 3.65. The molecule has 3 rings (SSSR count). The second kappa shape index (κ2) is 11.6. The van der Waals surface area contributed by atoms with Crippen LogP contribution in [-0.2, 0) is 14.3 Å². The normalized spacial score (nSPS) is 18.8. The summed E-state index contributed by atoms with van der Waals surface area (Å²) in [5.74, 6) is -3.87. The molecule has 0 aromatic heterocycles. The third-order valence-corrected chi connectivity index (χ3v) is 5.58. The third kappa shape index (κ3) is 6.70. The number of amides is 3. The molecule has 10 nitrogen and oxygen atoms in total. The molecule has 5 N–H and O–H groups in total. The van der Waals surface area contributed by atoms with Crippen LogP contribution in [0.5, 0.6) is 0 Å². The van der Waals surface area contributed by atoms with Gasteiger partial charge in [0, 0.05) is 36.8 Å². The van der Waals surface area contributed by atoms with Crippen molar-refractivity contribution < 1.29 is 32.3 Å². The molecule has 13 heteroatoms. The number of likely N-dealkylation sites (N-methyl/N-ethyl adjacent to an activating group) is 1. The summed E-state index contributed by atoms with van der Waals surface area (Å²) in [4.78, 5) is 38.5. The van der Waals surface area contributed by atoms with Crippen molar-refractivity contribution in [3.8, 4) is 0 Å². The van der Waals surface area contributed by atoms with Crippen LogP contribution < -0.4 is 16.0 Å². The maximum absolute atomic E-state index is 13.3. The zero-order valence-electron chi connectivity index (χ0n) is 19.7. The minimum Gasteiger partial charge on any atom is -0.383 e. The van der Waals surface area contributed by atoms with Gasteiger partial charge in [0.15, 0.2) is 0 Å². The van der Waals surface area contributed by atoms with Crippen molar-refractivity contribution in [2.45, 2.75) is 12.2 Å². The summed E-state index contributed by atoms with van der Waals surface area (Å²) >= 11 is 0. The van der Waals surface area contributed by atoms with E-state index in [0.29, 0.717) is 12.2 Å². The molecular weight excluding hydrogens is 493 g/mol. The summed E-state index contributed by atoms with van der Waals surface area (Å²) in [5.41, 5.74) is 1.03. The van der Waals surface area contributed by atoms with Gasteiger partial charge in [-0.15, -0.1) is 0 Å². The van der Waals surface area contributed by atoms with Gasteiger partial charge in [-0.05, 0) is 18.2 Å². The van der Waals surface area contributed by atoms with Crippen LogP contribution in [0.25, 0.3) is 0 Å².